The van der Waals surface area contributed by atoms with Crippen LogP contribution < -0.4 is 4.72 Å². The first kappa shape index (κ1) is 17.5. The number of nitrogens with one attached hydrogen (secondary N) is 2. The fourth-order valence-corrected chi connectivity index (χ4v) is 4.07. The summed E-state index contributed by atoms with van der Waals surface area (Å²) in [7, 11) is -4.39. The van der Waals surface area contributed by atoms with Crippen molar-refractivity contribution in [3.8, 4) is 0 Å². The highest BCUT2D eigenvalue weighted by Gasteiger charge is 2.25. The van der Waals surface area contributed by atoms with Crippen molar-refractivity contribution in [3.63, 3.8) is 0 Å². The summed E-state index contributed by atoms with van der Waals surface area (Å²) in [6, 6.07) is 5.91. The summed E-state index contributed by atoms with van der Waals surface area (Å²) < 4.78 is 41.5. The Morgan fingerprint density at radius 1 is 1.16 bits per heavy atom. The Hall–Kier alpha value is -2.29. The molecule has 0 bridgehead atoms. The van der Waals surface area contributed by atoms with Gasteiger partial charge in [0.2, 0.25) is 0 Å². The Labute approximate surface area is 151 Å². The second-order valence-electron chi connectivity index (χ2n) is 5.01. The number of benzene rings is 2. The van der Waals surface area contributed by atoms with E-state index in [4.69, 9.17) is 28.3 Å². The molecule has 3 rings (SSSR count). The second kappa shape index (κ2) is 6.21. The molecule has 3 N–H and O–H groups in total. The van der Waals surface area contributed by atoms with E-state index in [-0.39, 0.29) is 5.69 Å². The molecule has 1 heterocycles. The van der Waals surface area contributed by atoms with Crippen LogP contribution in [0.4, 0.5) is 10.1 Å². The number of aromatic carboxylic acids is 1. The highest BCUT2D eigenvalue weighted by atomic mass is 35.5. The number of aromatic amines is 1. The SMILES string of the molecule is O=C(O)c1cccc(S(=O)(=O)Nc2ccc(Cl)c3c(Cl)c[nH]c23)c1F. The Bertz CT molecular complexity index is 1110. The number of halogens is 3. The molecule has 0 unspecified atom stereocenters. The number of aromatic nitrogens is 1. The summed E-state index contributed by atoms with van der Waals surface area (Å²) in [6.45, 7) is 0. The van der Waals surface area contributed by atoms with Crippen LogP contribution in [0.25, 0.3) is 10.9 Å². The lowest BCUT2D eigenvalue weighted by Gasteiger charge is -2.11. The first-order valence-electron chi connectivity index (χ1n) is 6.72. The van der Waals surface area contributed by atoms with Gasteiger partial charge >= 0.3 is 5.97 Å². The van der Waals surface area contributed by atoms with E-state index in [9.17, 15) is 17.6 Å². The van der Waals surface area contributed by atoms with Crippen LogP contribution >= 0.6 is 23.2 Å². The van der Waals surface area contributed by atoms with Gasteiger partial charge in [-0.3, -0.25) is 4.72 Å². The average Bonchev–Trinajstić information content (AvgIpc) is 2.93. The summed E-state index contributed by atoms with van der Waals surface area (Å²) in [4.78, 5) is 13.0. The van der Waals surface area contributed by atoms with E-state index < -0.39 is 32.3 Å². The third-order valence-corrected chi connectivity index (χ3v) is 5.46. The van der Waals surface area contributed by atoms with Crippen molar-refractivity contribution >= 4 is 55.8 Å². The molecule has 0 saturated heterocycles. The van der Waals surface area contributed by atoms with E-state index in [1.807, 2.05) is 0 Å². The zero-order chi connectivity index (χ0) is 18.4. The van der Waals surface area contributed by atoms with Gasteiger partial charge in [-0.2, -0.15) is 0 Å². The van der Waals surface area contributed by atoms with Crippen LogP contribution in [-0.4, -0.2) is 24.5 Å². The number of hydrogen-bond acceptors (Lipinski definition) is 3. The van der Waals surface area contributed by atoms with E-state index in [1.165, 1.54) is 18.3 Å². The van der Waals surface area contributed by atoms with Gasteiger partial charge in [0.1, 0.15) is 4.90 Å². The minimum Gasteiger partial charge on any atom is -0.478 e. The third kappa shape index (κ3) is 3.04. The van der Waals surface area contributed by atoms with Crippen molar-refractivity contribution < 1.29 is 22.7 Å². The maximum atomic E-state index is 14.3. The highest BCUT2D eigenvalue weighted by Crippen LogP contribution is 2.35. The maximum absolute atomic E-state index is 14.3. The fourth-order valence-electron chi connectivity index (χ4n) is 2.34. The van der Waals surface area contributed by atoms with Crippen molar-refractivity contribution in [2.24, 2.45) is 0 Å². The van der Waals surface area contributed by atoms with E-state index in [1.54, 1.807) is 0 Å². The molecular formula is C15H9Cl2FN2O4S. The molecule has 130 valence electrons. The van der Waals surface area contributed by atoms with Crippen molar-refractivity contribution in [3.05, 3.63) is 58.0 Å². The van der Waals surface area contributed by atoms with E-state index >= 15 is 0 Å². The molecule has 0 saturated carbocycles. The van der Waals surface area contributed by atoms with Gasteiger partial charge in [0.05, 0.1) is 26.8 Å². The summed E-state index contributed by atoms with van der Waals surface area (Å²) in [6.07, 6.45) is 1.43. The van der Waals surface area contributed by atoms with Gasteiger partial charge in [-0.1, -0.05) is 29.3 Å². The van der Waals surface area contributed by atoms with Crippen LogP contribution in [0.15, 0.2) is 41.4 Å². The maximum Gasteiger partial charge on any atom is 0.338 e. The smallest absolute Gasteiger partial charge is 0.338 e. The molecular weight excluding hydrogens is 394 g/mol. The number of hydrogen-bond donors (Lipinski definition) is 3. The summed E-state index contributed by atoms with van der Waals surface area (Å²) in [5, 5.41) is 9.94. The second-order valence-corrected chi connectivity index (χ2v) is 7.48. The van der Waals surface area contributed by atoms with Crippen LogP contribution in [0.2, 0.25) is 10.0 Å². The van der Waals surface area contributed by atoms with E-state index in [2.05, 4.69) is 9.71 Å². The van der Waals surface area contributed by atoms with Crippen molar-refractivity contribution in [1.82, 2.24) is 4.98 Å². The van der Waals surface area contributed by atoms with Gasteiger partial charge in [-0.15, -0.1) is 0 Å². The largest absolute Gasteiger partial charge is 0.478 e. The normalized spacial score (nSPS) is 11.6. The van der Waals surface area contributed by atoms with E-state index in [0.29, 0.717) is 20.9 Å². The molecule has 3 aromatic rings. The summed E-state index contributed by atoms with van der Waals surface area (Å²) >= 11 is 12.0. The molecule has 0 radical (unpaired) electrons. The Morgan fingerprint density at radius 3 is 2.56 bits per heavy atom. The van der Waals surface area contributed by atoms with Crippen LogP contribution in [0.1, 0.15) is 10.4 Å². The minimum atomic E-state index is -4.39. The Kier molecular flexibility index (Phi) is 4.36. The molecule has 0 fully saturated rings. The fraction of sp³-hybridized carbons (Fsp3) is 0. The number of H-pyrrole nitrogens is 1. The highest BCUT2D eigenvalue weighted by molar-refractivity contribution is 7.92. The van der Waals surface area contributed by atoms with Gasteiger partial charge in [0.25, 0.3) is 10.0 Å². The zero-order valence-corrected chi connectivity index (χ0v) is 14.5. The van der Waals surface area contributed by atoms with Gasteiger partial charge < -0.3 is 10.1 Å². The van der Waals surface area contributed by atoms with Gasteiger partial charge in [-0.05, 0) is 24.3 Å². The number of anilines is 1. The number of fused-ring (bicyclic) bond motifs is 1. The lowest BCUT2D eigenvalue weighted by Crippen LogP contribution is -2.16. The number of carbonyl (C=O) groups is 1. The predicted octanol–water partition coefficient (Wildman–Crippen LogP) is 4.11. The average molecular weight is 403 g/mol. The molecule has 1 aromatic heterocycles. The molecule has 6 nitrogen and oxygen atoms in total. The molecule has 10 heteroatoms. The molecule has 0 atom stereocenters. The molecule has 0 amide bonds. The van der Waals surface area contributed by atoms with Crippen molar-refractivity contribution in [1.29, 1.82) is 0 Å². The predicted molar refractivity (Wildman–Crippen MR) is 92.5 cm³/mol. The molecule has 0 aliphatic rings. The summed E-state index contributed by atoms with van der Waals surface area (Å²) in [5.74, 6) is -2.92. The number of carboxylic acids is 1. The Morgan fingerprint density at radius 2 is 1.88 bits per heavy atom. The number of sulfonamides is 1. The first-order valence-corrected chi connectivity index (χ1v) is 8.96. The molecule has 25 heavy (non-hydrogen) atoms. The van der Waals surface area contributed by atoms with Gasteiger partial charge in [0.15, 0.2) is 5.82 Å². The zero-order valence-electron chi connectivity index (χ0n) is 12.2. The van der Waals surface area contributed by atoms with Gasteiger partial charge in [-0.25, -0.2) is 17.6 Å². The molecule has 2 aromatic carbocycles. The van der Waals surface area contributed by atoms with E-state index in [0.717, 1.165) is 18.2 Å². The molecule has 0 aliphatic heterocycles. The quantitative estimate of drug-likeness (QED) is 0.611. The first-order chi connectivity index (χ1) is 11.7. The monoisotopic (exact) mass is 402 g/mol. The third-order valence-electron chi connectivity index (χ3n) is 3.46. The molecule has 0 aliphatic carbocycles. The molecule has 0 spiro atoms. The lowest BCUT2D eigenvalue weighted by molar-refractivity contribution is 0.0691. The summed E-state index contributed by atoms with van der Waals surface area (Å²) in [5.41, 5.74) is -0.339. The van der Waals surface area contributed by atoms with Crippen LogP contribution in [-0.2, 0) is 10.0 Å². The van der Waals surface area contributed by atoms with Crippen LogP contribution in [0, 0.1) is 5.82 Å². The topological polar surface area (TPSA) is 99.3 Å². The lowest BCUT2D eigenvalue weighted by atomic mass is 10.2. The van der Waals surface area contributed by atoms with Gasteiger partial charge in [0, 0.05) is 11.6 Å². The number of rotatable bonds is 4. The van der Waals surface area contributed by atoms with Crippen molar-refractivity contribution in [2.75, 3.05) is 4.72 Å². The standard InChI is InChI=1S/C15H9Cl2FN2O4S/c16-8-4-5-10(14-12(8)9(17)6-19-14)20-25(23,24)11-3-1-2-7(13(11)18)15(21)22/h1-6,19-20H,(H,21,22). The van der Waals surface area contributed by atoms with Crippen molar-refractivity contribution in [2.45, 2.75) is 4.90 Å². The minimum absolute atomic E-state index is 0.0893. The van der Waals surface area contributed by atoms with Crippen LogP contribution in [0.3, 0.4) is 0 Å². The number of carboxylic acid groups (broad SMARTS) is 1. The Balaban J connectivity index is 2.11. The van der Waals surface area contributed by atoms with Crippen LogP contribution in [0.5, 0.6) is 0 Å².